The first-order valence-corrected chi connectivity index (χ1v) is 10.3. The summed E-state index contributed by atoms with van der Waals surface area (Å²) < 4.78 is 7.22. The number of hydrogen-bond donors (Lipinski definition) is 1. The highest BCUT2D eigenvalue weighted by Gasteiger charge is 2.20. The summed E-state index contributed by atoms with van der Waals surface area (Å²) in [5.74, 6) is 0.943. The lowest BCUT2D eigenvalue weighted by molar-refractivity contribution is 0.377. The Morgan fingerprint density at radius 2 is 1.70 bits per heavy atom. The van der Waals surface area contributed by atoms with E-state index in [4.69, 9.17) is 9.72 Å². The van der Waals surface area contributed by atoms with Crippen LogP contribution in [-0.4, -0.2) is 26.9 Å². The summed E-state index contributed by atoms with van der Waals surface area (Å²) in [6.07, 6.45) is 3.52. The van der Waals surface area contributed by atoms with Gasteiger partial charge in [-0.05, 0) is 37.3 Å². The van der Waals surface area contributed by atoms with E-state index >= 15 is 0 Å². The number of rotatable bonds is 8. The van der Waals surface area contributed by atoms with Crippen LogP contribution < -0.4 is 10.3 Å². The third-order valence-corrected chi connectivity index (χ3v) is 5.33. The number of aromatic amines is 1. The van der Waals surface area contributed by atoms with Crippen LogP contribution in [0.25, 0.3) is 11.0 Å². The van der Waals surface area contributed by atoms with Crippen LogP contribution in [0.1, 0.15) is 42.8 Å². The molecule has 0 saturated carbocycles. The molecule has 0 aliphatic rings. The minimum absolute atomic E-state index is 0.0963. The standard InChI is InChI=1S/C24H26N4O2/c1-17(10-9-15-18-11-5-3-6-12-18)28-22-21(24(27-28)30-2)23(29)26-20(25-22)16-19-13-7-4-8-14-19/h3-8,11-14,17H,9-10,15-16H2,1-2H3,(H,25,26,29). The molecule has 0 radical (unpaired) electrons. The molecule has 6 heteroatoms. The lowest BCUT2D eigenvalue weighted by Crippen LogP contribution is -2.14. The number of nitrogens with zero attached hydrogens (tertiary/aromatic N) is 3. The van der Waals surface area contributed by atoms with Crippen molar-refractivity contribution in [3.8, 4) is 5.88 Å². The maximum Gasteiger partial charge on any atom is 0.266 e. The van der Waals surface area contributed by atoms with E-state index in [0.29, 0.717) is 29.2 Å². The fourth-order valence-corrected chi connectivity index (χ4v) is 3.75. The van der Waals surface area contributed by atoms with Gasteiger partial charge in [0.15, 0.2) is 5.65 Å². The number of fused-ring (bicyclic) bond motifs is 1. The zero-order valence-electron chi connectivity index (χ0n) is 17.3. The minimum Gasteiger partial charge on any atom is -0.479 e. The predicted molar refractivity (Wildman–Crippen MR) is 118 cm³/mol. The van der Waals surface area contributed by atoms with Crippen molar-refractivity contribution in [1.82, 2.24) is 19.7 Å². The van der Waals surface area contributed by atoms with Gasteiger partial charge in [-0.3, -0.25) is 4.79 Å². The van der Waals surface area contributed by atoms with Crippen molar-refractivity contribution in [2.75, 3.05) is 7.11 Å². The largest absolute Gasteiger partial charge is 0.479 e. The fraction of sp³-hybridized carbons (Fsp3) is 0.292. The molecule has 4 rings (SSSR count). The van der Waals surface area contributed by atoms with Crippen LogP contribution in [0.4, 0.5) is 0 Å². The van der Waals surface area contributed by atoms with Crippen LogP contribution in [0.2, 0.25) is 0 Å². The summed E-state index contributed by atoms with van der Waals surface area (Å²) in [6, 6.07) is 20.5. The Bertz CT molecular complexity index is 1170. The molecule has 2 aromatic carbocycles. The first-order valence-electron chi connectivity index (χ1n) is 10.3. The van der Waals surface area contributed by atoms with Crippen molar-refractivity contribution < 1.29 is 4.74 Å². The van der Waals surface area contributed by atoms with Gasteiger partial charge < -0.3 is 9.72 Å². The maximum atomic E-state index is 12.8. The number of aromatic nitrogens is 4. The number of hydrogen-bond acceptors (Lipinski definition) is 4. The Morgan fingerprint density at radius 1 is 1.03 bits per heavy atom. The monoisotopic (exact) mass is 402 g/mol. The predicted octanol–water partition coefficient (Wildman–Crippen LogP) is 4.30. The van der Waals surface area contributed by atoms with E-state index in [0.717, 1.165) is 24.8 Å². The molecule has 1 N–H and O–H groups in total. The number of aryl methyl sites for hydroxylation is 1. The Kier molecular flexibility index (Phi) is 5.93. The SMILES string of the molecule is COc1nn(C(C)CCCc2ccccc2)c2nc(Cc3ccccc3)[nH]c(=O)c12. The molecule has 0 bridgehead atoms. The number of nitrogens with one attached hydrogen (secondary N) is 1. The Morgan fingerprint density at radius 3 is 2.37 bits per heavy atom. The minimum atomic E-state index is -0.217. The normalized spacial score (nSPS) is 12.2. The van der Waals surface area contributed by atoms with E-state index in [1.165, 1.54) is 12.7 Å². The molecule has 0 amide bonds. The van der Waals surface area contributed by atoms with E-state index < -0.39 is 0 Å². The molecular formula is C24H26N4O2. The molecule has 0 aliphatic heterocycles. The molecule has 0 saturated heterocycles. The second kappa shape index (κ2) is 8.95. The van der Waals surface area contributed by atoms with Crippen molar-refractivity contribution in [2.45, 2.75) is 38.6 Å². The number of methoxy groups -OCH3 is 1. The highest BCUT2D eigenvalue weighted by atomic mass is 16.5. The van der Waals surface area contributed by atoms with Crippen LogP contribution in [-0.2, 0) is 12.8 Å². The Labute approximate surface area is 175 Å². The zero-order valence-corrected chi connectivity index (χ0v) is 17.3. The van der Waals surface area contributed by atoms with Crippen molar-refractivity contribution >= 4 is 11.0 Å². The van der Waals surface area contributed by atoms with Gasteiger partial charge in [-0.15, -0.1) is 5.10 Å². The van der Waals surface area contributed by atoms with Crippen LogP contribution >= 0.6 is 0 Å². The van der Waals surface area contributed by atoms with E-state index in [-0.39, 0.29) is 11.6 Å². The summed E-state index contributed by atoms with van der Waals surface area (Å²) >= 11 is 0. The van der Waals surface area contributed by atoms with E-state index in [9.17, 15) is 4.79 Å². The van der Waals surface area contributed by atoms with Gasteiger partial charge in [0, 0.05) is 6.42 Å². The topological polar surface area (TPSA) is 72.8 Å². The fourth-order valence-electron chi connectivity index (χ4n) is 3.75. The Balaban J connectivity index is 1.60. The van der Waals surface area contributed by atoms with Crippen molar-refractivity contribution in [3.63, 3.8) is 0 Å². The lowest BCUT2D eigenvalue weighted by atomic mass is 10.1. The van der Waals surface area contributed by atoms with Gasteiger partial charge in [0.05, 0.1) is 13.2 Å². The molecule has 1 atom stereocenters. The molecular weight excluding hydrogens is 376 g/mol. The van der Waals surface area contributed by atoms with Gasteiger partial charge in [-0.2, -0.15) is 0 Å². The molecule has 0 spiro atoms. The number of ether oxygens (including phenoxy) is 1. The first kappa shape index (κ1) is 19.9. The molecule has 0 aliphatic carbocycles. The smallest absolute Gasteiger partial charge is 0.266 e. The van der Waals surface area contributed by atoms with E-state index in [1.54, 1.807) is 0 Å². The molecule has 4 aromatic rings. The summed E-state index contributed by atoms with van der Waals surface area (Å²) in [7, 11) is 1.53. The van der Waals surface area contributed by atoms with Gasteiger partial charge in [0.1, 0.15) is 11.2 Å². The molecule has 2 aromatic heterocycles. The number of H-pyrrole nitrogens is 1. The second-order valence-electron chi connectivity index (χ2n) is 7.55. The quantitative estimate of drug-likeness (QED) is 0.477. The molecule has 0 fully saturated rings. The third kappa shape index (κ3) is 4.27. The summed E-state index contributed by atoms with van der Waals surface area (Å²) in [6.45, 7) is 2.11. The van der Waals surface area contributed by atoms with Crippen molar-refractivity contribution in [2.24, 2.45) is 0 Å². The van der Waals surface area contributed by atoms with Crippen molar-refractivity contribution in [1.29, 1.82) is 0 Å². The zero-order chi connectivity index (χ0) is 20.9. The lowest BCUT2D eigenvalue weighted by Gasteiger charge is -2.13. The van der Waals surface area contributed by atoms with Gasteiger partial charge in [-0.1, -0.05) is 60.7 Å². The molecule has 1 unspecified atom stereocenters. The van der Waals surface area contributed by atoms with Gasteiger partial charge in [0.2, 0.25) is 5.88 Å². The first-order chi connectivity index (χ1) is 14.7. The van der Waals surface area contributed by atoms with Gasteiger partial charge in [0.25, 0.3) is 5.56 Å². The molecule has 154 valence electrons. The van der Waals surface area contributed by atoms with Crippen LogP contribution in [0.3, 0.4) is 0 Å². The van der Waals surface area contributed by atoms with E-state index in [1.807, 2.05) is 41.1 Å². The highest BCUT2D eigenvalue weighted by molar-refractivity contribution is 5.80. The van der Waals surface area contributed by atoms with Crippen LogP contribution in [0.5, 0.6) is 5.88 Å². The highest BCUT2D eigenvalue weighted by Crippen LogP contribution is 2.25. The van der Waals surface area contributed by atoms with Gasteiger partial charge >= 0.3 is 0 Å². The molecule has 30 heavy (non-hydrogen) atoms. The average molecular weight is 402 g/mol. The van der Waals surface area contributed by atoms with Crippen molar-refractivity contribution in [3.05, 3.63) is 88.0 Å². The van der Waals surface area contributed by atoms with Gasteiger partial charge in [-0.25, -0.2) is 9.67 Å². The molecule has 2 heterocycles. The summed E-state index contributed by atoms with van der Waals surface area (Å²) in [5.41, 5.74) is 2.78. The third-order valence-electron chi connectivity index (χ3n) is 5.33. The van der Waals surface area contributed by atoms with Crippen LogP contribution in [0.15, 0.2) is 65.5 Å². The average Bonchev–Trinajstić information content (AvgIpc) is 3.14. The number of benzene rings is 2. The maximum absolute atomic E-state index is 12.8. The van der Waals surface area contributed by atoms with Crippen LogP contribution in [0, 0.1) is 0 Å². The second-order valence-corrected chi connectivity index (χ2v) is 7.55. The Hall–Kier alpha value is -3.41. The van der Waals surface area contributed by atoms with E-state index in [2.05, 4.69) is 41.3 Å². The summed E-state index contributed by atoms with van der Waals surface area (Å²) in [5, 5.41) is 4.96. The summed E-state index contributed by atoms with van der Waals surface area (Å²) in [4.78, 5) is 20.4. The molecule has 6 nitrogen and oxygen atoms in total.